The molecule has 0 atom stereocenters. The second-order valence-electron chi connectivity index (χ2n) is 6.10. The van der Waals surface area contributed by atoms with Gasteiger partial charge < -0.3 is 19.5 Å². The van der Waals surface area contributed by atoms with Crippen LogP contribution in [0.4, 0.5) is 5.69 Å². The minimum absolute atomic E-state index is 0.105. The molecule has 0 aromatic heterocycles. The average molecular weight is 393 g/mol. The third-order valence-corrected chi connectivity index (χ3v) is 4.41. The number of methoxy groups -OCH3 is 3. The van der Waals surface area contributed by atoms with E-state index in [2.05, 4.69) is 5.32 Å². The summed E-state index contributed by atoms with van der Waals surface area (Å²) in [6.45, 7) is 0. The Balaban J connectivity index is 2.04. The second-order valence-corrected chi connectivity index (χ2v) is 6.10. The summed E-state index contributed by atoms with van der Waals surface area (Å²) < 4.78 is 14.8. The van der Waals surface area contributed by atoms with Crippen molar-refractivity contribution >= 4 is 34.3 Å². The molecule has 0 aliphatic rings. The normalized spacial score (nSPS) is 10.3. The molecular formula is C22H19NO6. The zero-order valence-corrected chi connectivity index (χ0v) is 16.1. The standard InChI is InChI=1S/C22H19NO6/c1-27-19-12-14-7-5-4-6-13(14)10-17(19)20(24)23-18-11-15(21(25)28-2)8-9-16(18)22(26)29-3/h4-12H,1-3H3,(H,23,24). The summed E-state index contributed by atoms with van der Waals surface area (Å²) in [4.78, 5) is 36.9. The molecule has 0 fully saturated rings. The van der Waals surface area contributed by atoms with Gasteiger partial charge in [-0.25, -0.2) is 9.59 Å². The molecule has 29 heavy (non-hydrogen) atoms. The number of hydrogen-bond donors (Lipinski definition) is 1. The highest BCUT2D eigenvalue weighted by molar-refractivity contribution is 6.11. The van der Waals surface area contributed by atoms with Crippen molar-refractivity contribution < 1.29 is 28.6 Å². The summed E-state index contributed by atoms with van der Waals surface area (Å²) >= 11 is 0. The van der Waals surface area contributed by atoms with E-state index in [1.54, 1.807) is 12.1 Å². The average Bonchev–Trinajstić information content (AvgIpc) is 2.76. The fourth-order valence-corrected chi connectivity index (χ4v) is 2.94. The van der Waals surface area contributed by atoms with Gasteiger partial charge in [0.05, 0.1) is 43.7 Å². The van der Waals surface area contributed by atoms with Crippen LogP contribution in [0.5, 0.6) is 5.75 Å². The summed E-state index contributed by atoms with van der Waals surface area (Å²) in [5.41, 5.74) is 0.694. The van der Waals surface area contributed by atoms with Crippen LogP contribution in [-0.4, -0.2) is 39.2 Å². The molecule has 0 heterocycles. The Morgan fingerprint density at radius 3 is 2.03 bits per heavy atom. The fraction of sp³-hybridized carbons (Fsp3) is 0.136. The highest BCUT2D eigenvalue weighted by atomic mass is 16.5. The highest BCUT2D eigenvalue weighted by Gasteiger charge is 2.20. The molecule has 7 heteroatoms. The van der Waals surface area contributed by atoms with Gasteiger partial charge in [-0.05, 0) is 41.1 Å². The fourth-order valence-electron chi connectivity index (χ4n) is 2.94. The molecule has 3 aromatic carbocycles. The van der Waals surface area contributed by atoms with Crippen LogP contribution in [-0.2, 0) is 9.47 Å². The zero-order chi connectivity index (χ0) is 21.0. The van der Waals surface area contributed by atoms with Crippen molar-refractivity contribution in [2.75, 3.05) is 26.6 Å². The number of rotatable bonds is 5. The second kappa shape index (κ2) is 8.43. The van der Waals surface area contributed by atoms with E-state index < -0.39 is 17.8 Å². The minimum Gasteiger partial charge on any atom is -0.496 e. The Hall–Kier alpha value is -3.87. The predicted octanol–water partition coefficient (Wildman–Crippen LogP) is 3.67. The monoisotopic (exact) mass is 393 g/mol. The van der Waals surface area contributed by atoms with Gasteiger partial charge in [0, 0.05) is 0 Å². The van der Waals surface area contributed by atoms with E-state index in [-0.39, 0.29) is 22.4 Å². The molecule has 0 aliphatic heterocycles. The molecule has 0 saturated heterocycles. The van der Waals surface area contributed by atoms with Crippen molar-refractivity contribution in [3.63, 3.8) is 0 Å². The van der Waals surface area contributed by atoms with E-state index in [1.165, 1.54) is 39.5 Å². The van der Waals surface area contributed by atoms with E-state index in [0.717, 1.165) is 10.8 Å². The number of carbonyl (C=O) groups excluding carboxylic acids is 3. The molecule has 3 aromatic rings. The van der Waals surface area contributed by atoms with Gasteiger partial charge in [0.2, 0.25) is 0 Å². The van der Waals surface area contributed by atoms with E-state index in [9.17, 15) is 14.4 Å². The lowest BCUT2D eigenvalue weighted by Gasteiger charge is -2.14. The topological polar surface area (TPSA) is 90.9 Å². The molecule has 1 N–H and O–H groups in total. The predicted molar refractivity (Wildman–Crippen MR) is 108 cm³/mol. The molecule has 0 radical (unpaired) electrons. The molecular weight excluding hydrogens is 374 g/mol. The molecule has 148 valence electrons. The Morgan fingerprint density at radius 1 is 0.759 bits per heavy atom. The number of hydrogen-bond acceptors (Lipinski definition) is 6. The van der Waals surface area contributed by atoms with Crippen molar-refractivity contribution in [2.45, 2.75) is 0 Å². The maximum atomic E-state index is 13.0. The number of amides is 1. The summed E-state index contributed by atoms with van der Waals surface area (Å²) in [6, 6.07) is 15.2. The zero-order valence-electron chi connectivity index (χ0n) is 16.1. The SMILES string of the molecule is COC(=O)c1ccc(C(=O)OC)c(NC(=O)c2cc3ccccc3cc2OC)c1. The van der Waals surface area contributed by atoms with Gasteiger partial charge in [-0.2, -0.15) is 0 Å². The van der Waals surface area contributed by atoms with Gasteiger partial charge in [-0.3, -0.25) is 4.79 Å². The van der Waals surface area contributed by atoms with Crippen LogP contribution in [0.3, 0.4) is 0 Å². The molecule has 0 aliphatic carbocycles. The van der Waals surface area contributed by atoms with E-state index in [1.807, 2.05) is 24.3 Å². The van der Waals surface area contributed by atoms with Crippen LogP contribution in [0.2, 0.25) is 0 Å². The van der Waals surface area contributed by atoms with E-state index in [4.69, 9.17) is 14.2 Å². The molecule has 0 spiro atoms. The number of nitrogens with one attached hydrogen (secondary N) is 1. The molecule has 7 nitrogen and oxygen atoms in total. The van der Waals surface area contributed by atoms with E-state index >= 15 is 0 Å². The number of benzene rings is 3. The van der Waals surface area contributed by atoms with Crippen LogP contribution < -0.4 is 10.1 Å². The summed E-state index contributed by atoms with van der Waals surface area (Å²) in [5, 5.41) is 4.45. The first-order valence-corrected chi connectivity index (χ1v) is 8.67. The maximum Gasteiger partial charge on any atom is 0.339 e. The Labute approximate surface area is 167 Å². The lowest BCUT2D eigenvalue weighted by atomic mass is 10.0. The Bertz CT molecular complexity index is 1110. The summed E-state index contributed by atoms with van der Waals surface area (Å²) in [5.74, 6) is -1.37. The van der Waals surface area contributed by atoms with Crippen LogP contribution in [0, 0.1) is 0 Å². The Kier molecular flexibility index (Phi) is 5.78. The van der Waals surface area contributed by atoms with Crippen molar-refractivity contribution in [1.29, 1.82) is 0 Å². The highest BCUT2D eigenvalue weighted by Crippen LogP contribution is 2.28. The van der Waals surface area contributed by atoms with Crippen molar-refractivity contribution in [3.8, 4) is 5.75 Å². The van der Waals surface area contributed by atoms with Crippen LogP contribution in [0.15, 0.2) is 54.6 Å². The van der Waals surface area contributed by atoms with Crippen LogP contribution in [0.25, 0.3) is 10.8 Å². The number of esters is 2. The van der Waals surface area contributed by atoms with Crippen molar-refractivity contribution in [3.05, 3.63) is 71.3 Å². The van der Waals surface area contributed by atoms with Crippen molar-refractivity contribution in [1.82, 2.24) is 0 Å². The smallest absolute Gasteiger partial charge is 0.339 e. The molecule has 1 amide bonds. The Morgan fingerprint density at radius 2 is 1.41 bits per heavy atom. The lowest BCUT2D eigenvalue weighted by molar-refractivity contribution is 0.0587. The summed E-state index contributed by atoms with van der Waals surface area (Å²) in [6.07, 6.45) is 0. The lowest BCUT2D eigenvalue weighted by Crippen LogP contribution is -2.17. The van der Waals surface area contributed by atoms with Crippen LogP contribution in [0.1, 0.15) is 31.1 Å². The third-order valence-electron chi connectivity index (χ3n) is 4.41. The minimum atomic E-state index is -0.651. The van der Waals surface area contributed by atoms with Crippen molar-refractivity contribution in [2.24, 2.45) is 0 Å². The number of anilines is 1. The number of ether oxygens (including phenoxy) is 3. The molecule has 0 bridgehead atoms. The van der Waals surface area contributed by atoms with Crippen LogP contribution >= 0.6 is 0 Å². The quantitative estimate of drug-likeness (QED) is 0.665. The molecule has 3 rings (SSSR count). The maximum absolute atomic E-state index is 13.0. The summed E-state index contributed by atoms with van der Waals surface area (Å²) in [7, 11) is 3.95. The first-order chi connectivity index (χ1) is 14.0. The van der Waals surface area contributed by atoms with Gasteiger partial charge in [-0.15, -0.1) is 0 Å². The first kappa shape index (κ1) is 19.9. The van der Waals surface area contributed by atoms with Gasteiger partial charge in [0.25, 0.3) is 5.91 Å². The van der Waals surface area contributed by atoms with Gasteiger partial charge in [0.15, 0.2) is 0 Å². The van der Waals surface area contributed by atoms with Gasteiger partial charge in [-0.1, -0.05) is 24.3 Å². The molecule has 0 unspecified atom stereocenters. The molecule has 0 saturated carbocycles. The third kappa shape index (κ3) is 4.03. The van der Waals surface area contributed by atoms with Gasteiger partial charge >= 0.3 is 11.9 Å². The number of carbonyl (C=O) groups is 3. The van der Waals surface area contributed by atoms with Gasteiger partial charge in [0.1, 0.15) is 5.75 Å². The van der Waals surface area contributed by atoms with E-state index in [0.29, 0.717) is 5.75 Å². The largest absolute Gasteiger partial charge is 0.496 e. The number of fused-ring (bicyclic) bond motifs is 1. The first-order valence-electron chi connectivity index (χ1n) is 8.67.